The molecule has 0 bridgehead atoms. The molecular weight excluding hydrogens is 220 g/mol. The lowest BCUT2D eigenvalue weighted by atomic mass is 10.3. The number of benzene rings is 1. The van der Waals surface area contributed by atoms with Crippen molar-refractivity contribution in [2.24, 2.45) is 10.3 Å². The molecule has 0 aliphatic heterocycles. The standard InChI is InChI=1S/C9H9F2N3O2/c1-14(5-9(15)16)13-12-8-3-2-6(10)4-7(8)11/h2-4H,5H2,1H3,(H,15,16). The van der Waals surface area contributed by atoms with E-state index in [-0.39, 0.29) is 12.2 Å². The number of likely N-dealkylation sites (N-methyl/N-ethyl adjacent to an activating group) is 1. The molecule has 0 saturated heterocycles. The third kappa shape index (κ3) is 3.60. The second-order valence-electron chi connectivity index (χ2n) is 2.99. The van der Waals surface area contributed by atoms with Crippen molar-refractivity contribution in [3.63, 3.8) is 0 Å². The third-order valence-electron chi connectivity index (χ3n) is 1.58. The molecule has 0 aromatic heterocycles. The van der Waals surface area contributed by atoms with Crippen molar-refractivity contribution in [1.82, 2.24) is 5.01 Å². The second kappa shape index (κ2) is 5.15. The van der Waals surface area contributed by atoms with Crippen LogP contribution in [-0.2, 0) is 4.79 Å². The summed E-state index contributed by atoms with van der Waals surface area (Å²) in [6.45, 7) is -0.355. The predicted octanol–water partition coefficient (Wildman–Crippen LogP) is 1.98. The number of hydrogen-bond donors (Lipinski definition) is 1. The minimum atomic E-state index is -1.08. The Kier molecular flexibility index (Phi) is 3.87. The van der Waals surface area contributed by atoms with Gasteiger partial charge in [-0.25, -0.2) is 8.78 Å². The SMILES string of the molecule is CN(CC(=O)O)N=Nc1ccc(F)cc1F. The maximum atomic E-state index is 13.0. The molecule has 0 aliphatic carbocycles. The maximum Gasteiger partial charge on any atom is 0.324 e. The number of carbonyl (C=O) groups is 1. The predicted molar refractivity (Wildman–Crippen MR) is 51.1 cm³/mol. The number of hydrogen-bond acceptors (Lipinski definition) is 3. The van der Waals surface area contributed by atoms with E-state index in [4.69, 9.17) is 5.11 Å². The van der Waals surface area contributed by atoms with Crippen LogP contribution in [0.5, 0.6) is 0 Å². The van der Waals surface area contributed by atoms with E-state index >= 15 is 0 Å². The highest BCUT2D eigenvalue weighted by Gasteiger charge is 2.04. The monoisotopic (exact) mass is 229 g/mol. The van der Waals surface area contributed by atoms with Gasteiger partial charge in [0, 0.05) is 13.1 Å². The summed E-state index contributed by atoms with van der Waals surface area (Å²) in [4.78, 5) is 10.3. The van der Waals surface area contributed by atoms with Gasteiger partial charge in [0.15, 0.2) is 5.82 Å². The molecule has 0 aliphatic rings. The summed E-state index contributed by atoms with van der Waals surface area (Å²) in [5, 5.41) is 16.3. The second-order valence-corrected chi connectivity index (χ2v) is 2.99. The molecule has 0 unspecified atom stereocenters. The lowest BCUT2D eigenvalue weighted by Crippen LogP contribution is -2.19. The lowest BCUT2D eigenvalue weighted by molar-refractivity contribution is -0.138. The van der Waals surface area contributed by atoms with Crippen LogP contribution in [0.3, 0.4) is 0 Å². The van der Waals surface area contributed by atoms with Crippen molar-refractivity contribution in [1.29, 1.82) is 0 Å². The molecule has 0 atom stereocenters. The molecule has 86 valence electrons. The van der Waals surface area contributed by atoms with E-state index < -0.39 is 17.6 Å². The van der Waals surface area contributed by atoms with Crippen molar-refractivity contribution in [3.05, 3.63) is 29.8 Å². The molecule has 1 rings (SSSR count). The van der Waals surface area contributed by atoms with Crippen LogP contribution in [-0.4, -0.2) is 29.7 Å². The number of aliphatic carboxylic acids is 1. The fraction of sp³-hybridized carbons (Fsp3) is 0.222. The van der Waals surface area contributed by atoms with E-state index in [1.54, 1.807) is 0 Å². The Hall–Kier alpha value is -2.05. The Morgan fingerprint density at radius 3 is 2.75 bits per heavy atom. The van der Waals surface area contributed by atoms with E-state index in [1.165, 1.54) is 7.05 Å². The van der Waals surface area contributed by atoms with Gasteiger partial charge in [0.05, 0.1) is 0 Å². The topological polar surface area (TPSA) is 65.3 Å². The first-order valence-electron chi connectivity index (χ1n) is 4.28. The Balaban J connectivity index is 2.72. The largest absolute Gasteiger partial charge is 0.480 e. The van der Waals surface area contributed by atoms with Crippen LogP contribution in [0.25, 0.3) is 0 Å². The van der Waals surface area contributed by atoms with E-state index in [9.17, 15) is 13.6 Å². The van der Waals surface area contributed by atoms with Crippen LogP contribution in [0.1, 0.15) is 0 Å². The summed E-state index contributed by atoms with van der Waals surface area (Å²) in [6, 6.07) is 2.82. The third-order valence-corrected chi connectivity index (χ3v) is 1.58. The van der Waals surface area contributed by atoms with Crippen LogP contribution < -0.4 is 0 Å². The average Bonchev–Trinajstić information content (AvgIpc) is 2.15. The van der Waals surface area contributed by atoms with Crippen molar-refractivity contribution in [2.45, 2.75) is 0 Å². The lowest BCUT2D eigenvalue weighted by Gasteiger charge is -2.06. The normalized spacial score (nSPS) is 10.7. The highest BCUT2D eigenvalue weighted by atomic mass is 19.1. The Bertz CT molecular complexity index is 423. The van der Waals surface area contributed by atoms with Gasteiger partial charge in [-0.3, -0.25) is 9.80 Å². The molecule has 16 heavy (non-hydrogen) atoms. The highest BCUT2D eigenvalue weighted by Crippen LogP contribution is 2.18. The van der Waals surface area contributed by atoms with Gasteiger partial charge in [-0.05, 0) is 12.1 Å². The van der Waals surface area contributed by atoms with Gasteiger partial charge in [0.2, 0.25) is 0 Å². The first-order valence-corrected chi connectivity index (χ1v) is 4.28. The molecule has 1 N–H and O–H groups in total. The van der Waals surface area contributed by atoms with Crippen LogP contribution in [0.2, 0.25) is 0 Å². The Morgan fingerprint density at radius 2 is 2.19 bits per heavy atom. The van der Waals surface area contributed by atoms with E-state index in [0.29, 0.717) is 6.07 Å². The van der Waals surface area contributed by atoms with Gasteiger partial charge >= 0.3 is 5.97 Å². The Morgan fingerprint density at radius 1 is 1.50 bits per heavy atom. The average molecular weight is 229 g/mol. The first kappa shape index (κ1) is 12.0. The number of nitrogens with zero attached hydrogens (tertiary/aromatic N) is 3. The summed E-state index contributed by atoms with van der Waals surface area (Å²) < 4.78 is 25.6. The smallest absolute Gasteiger partial charge is 0.324 e. The quantitative estimate of drug-likeness (QED) is 0.634. The van der Waals surface area contributed by atoms with Crippen molar-refractivity contribution in [2.75, 3.05) is 13.6 Å². The van der Waals surface area contributed by atoms with Crippen molar-refractivity contribution in [3.8, 4) is 0 Å². The number of carboxylic acids is 1. The number of carboxylic acid groups (broad SMARTS) is 1. The van der Waals surface area contributed by atoms with Crippen molar-refractivity contribution < 1.29 is 18.7 Å². The minimum absolute atomic E-state index is 0.154. The van der Waals surface area contributed by atoms with Gasteiger partial charge in [0.25, 0.3) is 0 Å². The van der Waals surface area contributed by atoms with Crippen LogP contribution in [0, 0.1) is 11.6 Å². The molecule has 0 radical (unpaired) electrons. The van der Waals surface area contributed by atoms with E-state index in [1.807, 2.05) is 0 Å². The van der Waals surface area contributed by atoms with Gasteiger partial charge < -0.3 is 5.11 Å². The molecule has 1 aromatic carbocycles. The maximum absolute atomic E-state index is 13.0. The summed E-state index contributed by atoms with van der Waals surface area (Å²) >= 11 is 0. The molecular formula is C9H9F2N3O2. The summed E-state index contributed by atoms with van der Waals surface area (Å²) in [5.41, 5.74) is -0.154. The fourth-order valence-corrected chi connectivity index (χ4v) is 0.914. The minimum Gasteiger partial charge on any atom is -0.480 e. The van der Waals surface area contributed by atoms with Crippen LogP contribution in [0.4, 0.5) is 14.5 Å². The van der Waals surface area contributed by atoms with Gasteiger partial charge in [-0.15, -0.1) is 5.11 Å². The first-order chi connectivity index (χ1) is 7.49. The molecule has 0 spiro atoms. The molecule has 0 fully saturated rings. The number of rotatable bonds is 4. The molecule has 0 saturated carbocycles. The van der Waals surface area contributed by atoms with E-state index in [0.717, 1.165) is 17.1 Å². The molecule has 5 nitrogen and oxygen atoms in total. The molecule has 0 amide bonds. The molecule has 7 heteroatoms. The summed E-state index contributed by atoms with van der Waals surface area (Å²) in [6.07, 6.45) is 0. The zero-order valence-electron chi connectivity index (χ0n) is 8.39. The molecule has 1 aromatic rings. The summed E-state index contributed by atoms with van der Waals surface area (Å²) in [7, 11) is 1.37. The van der Waals surface area contributed by atoms with Gasteiger partial charge in [-0.2, -0.15) is 0 Å². The highest BCUT2D eigenvalue weighted by molar-refractivity contribution is 5.68. The summed E-state index contributed by atoms with van der Waals surface area (Å²) in [5.74, 6) is -2.65. The Labute approximate surface area is 90.0 Å². The van der Waals surface area contributed by atoms with E-state index in [2.05, 4.69) is 10.3 Å². The van der Waals surface area contributed by atoms with Gasteiger partial charge in [0.1, 0.15) is 18.0 Å². The molecule has 0 heterocycles. The van der Waals surface area contributed by atoms with Gasteiger partial charge in [-0.1, -0.05) is 5.22 Å². The zero-order chi connectivity index (χ0) is 12.1. The van der Waals surface area contributed by atoms with Crippen LogP contribution in [0.15, 0.2) is 28.5 Å². The number of halogens is 2. The fourth-order valence-electron chi connectivity index (χ4n) is 0.914. The van der Waals surface area contributed by atoms with Crippen LogP contribution >= 0.6 is 0 Å². The van der Waals surface area contributed by atoms with Crippen molar-refractivity contribution >= 4 is 11.7 Å². The zero-order valence-corrected chi connectivity index (χ0v) is 8.39.